The van der Waals surface area contributed by atoms with E-state index in [4.69, 9.17) is 4.74 Å². The van der Waals surface area contributed by atoms with Gasteiger partial charge in [0.15, 0.2) is 0 Å². The summed E-state index contributed by atoms with van der Waals surface area (Å²) in [5.74, 6) is -1.95. The number of carbonyl (C=O) groups is 1. The van der Waals surface area contributed by atoms with Crippen molar-refractivity contribution >= 4 is 5.97 Å². The Balaban J connectivity index is 2.80. The molecule has 0 spiro atoms. The number of benzene rings is 1. The molecule has 2 N–H and O–H groups in total. The van der Waals surface area contributed by atoms with Crippen LogP contribution in [0.2, 0.25) is 0 Å². The zero-order valence-corrected chi connectivity index (χ0v) is 17.4. The van der Waals surface area contributed by atoms with E-state index in [0.717, 1.165) is 0 Å². The maximum atomic E-state index is 13.8. The van der Waals surface area contributed by atoms with Crippen molar-refractivity contribution in [3.8, 4) is 11.8 Å². The molecule has 1 aliphatic heterocycles. The number of rotatable bonds is 5. The lowest BCUT2D eigenvalue weighted by Crippen LogP contribution is -2.55. The van der Waals surface area contributed by atoms with Gasteiger partial charge in [-0.3, -0.25) is 4.79 Å². The van der Waals surface area contributed by atoms with Gasteiger partial charge in [-0.05, 0) is 38.2 Å². The van der Waals surface area contributed by atoms with Gasteiger partial charge in [-0.25, -0.2) is 4.39 Å². The number of methoxy groups -OCH3 is 1. The first-order valence-electron chi connectivity index (χ1n) is 9.42. The minimum absolute atomic E-state index is 0.0807. The minimum Gasteiger partial charge on any atom is -0.496 e. The molecule has 0 bridgehead atoms. The highest BCUT2D eigenvalue weighted by atomic mass is 19.1. The Morgan fingerprint density at radius 2 is 2.07 bits per heavy atom. The van der Waals surface area contributed by atoms with Gasteiger partial charge < -0.3 is 15.2 Å². The number of nitrogens with one attached hydrogen (secondary N) is 1. The maximum Gasteiger partial charge on any atom is 0.312 e. The lowest BCUT2D eigenvalue weighted by atomic mass is 9.59. The average molecular weight is 388 g/mol. The van der Waals surface area contributed by atoms with Crippen LogP contribution in [0.4, 0.5) is 4.39 Å². The number of hydrogen-bond donors (Lipinski definition) is 2. The molecule has 3 unspecified atom stereocenters. The Hall–Kier alpha value is -2.55. The molecule has 152 valence electrons. The summed E-state index contributed by atoms with van der Waals surface area (Å²) in [5, 5.41) is 23.5. The van der Waals surface area contributed by atoms with Gasteiger partial charge in [-0.15, -0.1) is 0 Å². The van der Waals surface area contributed by atoms with E-state index in [0.29, 0.717) is 29.7 Å². The fourth-order valence-electron chi connectivity index (χ4n) is 4.12. The predicted octanol–water partition coefficient (Wildman–Crippen LogP) is 4.60. The van der Waals surface area contributed by atoms with Gasteiger partial charge in [0.25, 0.3) is 0 Å². The minimum atomic E-state index is -1.27. The van der Waals surface area contributed by atoms with Gasteiger partial charge in [0.1, 0.15) is 11.6 Å². The molecule has 2 rings (SSSR count). The van der Waals surface area contributed by atoms with Crippen molar-refractivity contribution < 1.29 is 19.0 Å². The van der Waals surface area contributed by atoms with Crippen LogP contribution < -0.4 is 10.1 Å². The van der Waals surface area contributed by atoms with Crippen molar-refractivity contribution in [1.29, 1.82) is 5.26 Å². The van der Waals surface area contributed by atoms with Gasteiger partial charge in [0.05, 0.1) is 24.2 Å². The molecule has 0 fully saturated rings. The Morgan fingerprint density at radius 3 is 2.57 bits per heavy atom. The second-order valence-corrected chi connectivity index (χ2v) is 8.74. The number of halogens is 1. The molecule has 0 saturated carbocycles. The van der Waals surface area contributed by atoms with E-state index in [1.54, 1.807) is 6.92 Å². The quantitative estimate of drug-likeness (QED) is 0.770. The first kappa shape index (κ1) is 21.7. The highest BCUT2D eigenvalue weighted by Gasteiger charge is 2.55. The molecule has 1 aliphatic rings. The zero-order valence-electron chi connectivity index (χ0n) is 17.4. The van der Waals surface area contributed by atoms with Gasteiger partial charge in [0, 0.05) is 29.3 Å². The highest BCUT2D eigenvalue weighted by molar-refractivity contribution is 5.80. The molecule has 28 heavy (non-hydrogen) atoms. The SMILES string of the molecule is COc1cc(F)ccc1C1C(C#N)=C(C)NC(C)C1(CCC(C)(C)C)C(=O)O. The van der Waals surface area contributed by atoms with E-state index < -0.39 is 29.2 Å². The summed E-state index contributed by atoms with van der Waals surface area (Å²) in [6.07, 6.45) is 1.02. The smallest absolute Gasteiger partial charge is 0.312 e. The summed E-state index contributed by atoms with van der Waals surface area (Å²) in [4.78, 5) is 12.7. The van der Waals surface area contributed by atoms with Gasteiger partial charge in [-0.1, -0.05) is 26.8 Å². The number of carboxylic acids is 1. The lowest BCUT2D eigenvalue weighted by Gasteiger charge is -2.47. The third-order valence-electron chi connectivity index (χ3n) is 5.73. The molecule has 0 amide bonds. The topological polar surface area (TPSA) is 82.3 Å². The van der Waals surface area contributed by atoms with E-state index in [1.165, 1.54) is 25.3 Å². The van der Waals surface area contributed by atoms with Crippen LogP contribution >= 0.6 is 0 Å². The summed E-state index contributed by atoms with van der Waals surface area (Å²) in [7, 11) is 1.42. The summed E-state index contributed by atoms with van der Waals surface area (Å²) in [6.45, 7) is 9.78. The van der Waals surface area contributed by atoms with Crippen molar-refractivity contribution in [3.05, 3.63) is 40.8 Å². The molecule has 0 radical (unpaired) electrons. The Morgan fingerprint density at radius 1 is 1.43 bits per heavy atom. The second-order valence-electron chi connectivity index (χ2n) is 8.74. The molecule has 1 aromatic rings. The lowest BCUT2D eigenvalue weighted by molar-refractivity contribution is -0.153. The summed E-state index contributed by atoms with van der Waals surface area (Å²) < 4.78 is 19.2. The molecule has 5 nitrogen and oxygen atoms in total. The van der Waals surface area contributed by atoms with Crippen LogP contribution in [-0.2, 0) is 4.79 Å². The molecular weight excluding hydrogens is 359 g/mol. The van der Waals surface area contributed by atoms with E-state index in [-0.39, 0.29) is 11.2 Å². The number of nitriles is 1. The van der Waals surface area contributed by atoms with Crippen LogP contribution in [0.1, 0.15) is 58.9 Å². The van der Waals surface area contributed by atoms with Gasteiger partial charge >= 0.3 is 5.97 Å². The summed E-state index contributed by atoms with van der Waals surface area (Å²) >= 11 is 0. The second kappa shape index (κ2) is 7.83. The van der Waals surface area contributed by atoms with Crippen molar-refractivity contribution in [2.45, 2.75) is 59.4 Å². The van der Waals surface area contributed by atoms with Crippen LogP contribution in [0, 0.1) is 28.0 Å². The van der Waals surface area contributed by atoms with E-state index in [2.05, 4.69) is 32.2 Å². The summed E-state index contributed by atoms with van der Waals surface area (Å²) in [5.41, 5.74) is 0.147. The van der Waals surface area contributed by atoms with Crippen molar-refractivity contribution in [2.24, 2.45) is 10.8 Å². The monoisotopic (exact) mass is 388 g/mol. The fraction of sp³-hybridized carbons (Fsp3) is 0.545. The molecule has 0 saturated heterocycles. The zero-order chi connectivity index (χ0) is 21.3. The number of aliphatic carboxylic acids is 1. The number of hydrogen-bond acceptors (Lipinski definition) is 4. The molecule has 0 aliphatic carbocycles. The maximum absolute atomic E-state index is 13.8. The van der Waals surface area contributed by atoms with Crippen molar-refractivity contribution in [1.82, 2.24) is 5.32 Å². The van der Waals surface area contributed by atoms with Crippen LogP contribution in [0.25, 0.3) is 0 Å². The molecular formula is C22H29FN2O3. The van der Waals surface area contributed by atoms with Crippen molar-refractivity contribution in [2.75, 3.05) is 7.11 Å². The Kier molecular flexibility index (Phi) is 6.08. The molecule has 6 heteroatoms. The van der Waals surface area contributed by atoms with E-state index in [1.807, 2.05) is 6.92 Å². The molecule has 0 aromatic heterocycles. The van der Waals surface area contributed by atoms with Crippen molar-refractivity contribution in [3.63, 3.8) is 0 Å². The van der Waals surface area contributed by atoms with E-state index in [9.17, 15) is 19.6 Å². The Bertz CT molecular complexity index is 835. The third-order valence-corrected chi connectivity index (χ3v) is 5.73. The molecule has 3 atom stereocenters. The predicted molar refractivity (Wildman–Crippen MR) is 105 cm³/mol. The molecule has 1 aromatic carbocycles. The number of nitrogens with zero attached hydrogens (tertiary/aromatic N) is 1. The number of allylic oxidation sites excluding steroid dienone is 2. The van der Waals surface area contributed by atoms with E-state index >= 15 is 0 Å². The average Bonchev–Trinajstić information content (AvgIpc) is 2.59. The number of ether oxygens (including phenoxy) is 1. The largest absolute Gasteiger partial charge is 0.496 e. The van der Waals surface area contributed by atoms with Crippen LogP contribution in [0.3, 0.4) is 0 Å². The van der Waals surface area contributed by atoms with Gasteiger partial charge in [0.2, 0.25) is 0 Å². The Labute approximate surface area is 166 Å². The first-order chi connectivity index (χ1) is 13.0. The van der Waals surface area contributed by atoms with Gasteiger partial charge in [-0.2, -0.15) is 5.26 Å². The molecule has 1 heterocycles. The van der Waals surface area contributed by atoms with Crippen LogP contribution in [0.5, 0.6) is 5.75 Å². The highest BCUT2D eigenvalue weighted by Crippen LogP contribution is 2.53. The fourth-order valence-corrected chi connectivity index (χ4v) is 4.12. The normalized spacial score (nSPS) is 25.1. The first-order valence-corrected chi connectivity index (χ1v) is 9.42. The third kappa shape index (κ3) is 3.84. The number of carboxylic acid groups (broad SMARTS) is 1. The van der Waals surface area contributed by atoms with Crippen LogP contribution in [-0.4, -0.2) is 24.2 Å². The standard InChI is InChI=1S/C22H29FN2O3/c1-13-17(12-24)19(16-8-7-15(23)11-18(16)28-6)22(20(26)27,14(2)25-13)10-9-21(3,4)5/h7-8,11,14,19,25H,9-10H2,1-6H3,(H,26,27). The van der Waals surface area contributed by atoms with Crippen LogP contribution in [0.15, 0.2) is 29.5 Å². The summed E-state index contributed by atoms with van der Waals surface area (Å²) in [6, 6.07) is 5.83.